The maximum atomic E-state index is 13.0. The number of para-hydroxylation sites is 2. The van der Waals surface area contributed by atoms with Gasteiger partial charge in [0.2, 0.25) is 0 Å². The fourth-order valence-electron chi connectivity index (χ4n) is 3.02. The van der Waals surface area contributed by atoms with E-state index in [9.17, 15) is 9.18 Å². The number of halogens is 1. The van der Waals surface area contributed by atoms with Crippen molar-refractivity contribution in [3.63, 3.8) is 0 Å². The lowest BCUT2D eigenvalue weighted by Gasteiger charge is -2.06. The Morgan fingerprint density at radius 3 is 2.67 bits per heavy atom. The Kier molecular flexibility index (Phi) is 4.73. The van der Waals surface area contributed by atoms with E-state index >= 15 is 0 Å². The number of fused-ring (bicyclic) bond motifs is 1. The number of carbonyl (C=O) groups excluding carboxylic acids is 1. The molecule has 0 bridgehead atoms. The molecule has 4 rings (SSSR count). The number of aromatic nitrogens is 2. The van der Waals surface area contributed by atoms with Gasteiger partial charge < -0.3 is 9.88 Å². The largest absolute Gasteiger partial charge is 0.323 e. The predicted molar refractivity (Wildman–Crippen MR) is 108 cm³/mol. The van der Waals surface area contributed by atoms with Gasteiger partial charge in [0.05, 0.1) is 20.8 Å². The Morgan fingerprint density at radius 2 is 1.89 bits per heavy atom. The number of aryl methyl sites for hydroxylation is 1. The summed E-state index contributed by atoms with van der Waals surface area (Å²) in [5.74, 6) is 0.334. The van der Waals surface area contributed by atoms with Gasteiger partial charge in [0.1, 0.15) is 5.82 Å². The Hall–Kier alpha value is -2.99. The third kappa shape index (κ3) is 3.48. The lowest BCUT2D eigenvalue weighted by Crippen LogP contribution is -2.09. The van der Waals surface area contributed by atoms with E-state index in [0.29, 0.717) is 10.6 Å². The van der Waals surface area contributed by atoms with E-state index in [1.807, 2.05) is 24.3 Å². The molecule has 1 amide bonds. The van der Waals surface area contributed by atoms with Crippen LogP contribution in [-0.4, -0.2) is 15.5 Å². The van der Waals surface area contributed by atoms with E-state index in [1.165, 1.54) is 23.5 Å². The number of carbonyl (C=O) groups is 1. The van der Waals surface area contributed by atoms with Crippen molar-refractivity contribution in [1.82, 2.24) is 9.55 Å². The molecule has 4 aromatic rings. The molecule has 0 aliphatic carbocycles. The summed E-state index contributed by atoms with van der Waals surface area (Å²) in [5, 5.41) is 2.79. The normalized spacial score (nSPS) is 11.0. The molecule has 27 heavy (non-hydrogen) atoms. The van der Waals surface area contributed by atoms with Gasteiger partial charge in [0, 0.05) is 12.2 Å². The van der Waals surface area contributed by atoms with Crippen LogP contribution >= 0.6 is 11.3 Å². The van der Waals surface area contributed by atoms with Crippen molar-refractivity contribution in [1.29, 1.82) is 0 Å². The number of thiophene rings is 1. The van der Waals surface area contributed by atoms with E-state index in [2.05, 4.69) is 22.9 Å². The van der Waals surface area contributed by atoms with Crippen LogP contribution in [0.2, 0.25) is 0 Å². The lowest BCUT2D eigenvalue weighted by molar-refractivity contribution is 0.103. The standard InChI is InChI=1S/C21H18FN3OS/c1-2-13-25-17-6-4-3-5-16(17)24-20(25)18-11-12-19(27-18)21(26)23-15-9-7-14(22)8-10-15/h3-12H,2,13H2,1H3,(H,23,26). The number of amides is 1. The number of nitrogens with one attached hydrogen (secondary N) is 1. The van der Waals surface area contributed by atoms with Gasteiger partial charge in [-0.25, -0.2) is 9.37 Å². The summed E-state index contributed by atoms with van der Waals surface area (Å²) in [4.78, 5) is 18.8. The smallest absolute Gasteiger partial charge is 0.265 e. The second kappa shape index (κ2) is 7.32. The number of rotatable bonds is 5. The van der Waals surface area contributed by atoms with Crippen LogP contribution in [0.4, 0.5) is 10.1 Å². The Labute approximate surface area is 160 Å². The number of hydrogen-bond donors (Lipinski definition) is 1. The second-order valence-corrected chi connectivity index (χ2v) is 7.28. The summed E-state index contributed by atoms with van der Waals surface area (Å²) in [6, 6.07) is 17.5. The van der Waals surface area contributed by atoms with Crippen molar-refractivity contribution in [2.24, 2.45) is 0 Å². The molecule has 0 radical (unpaired) electrons. The fraction of sp³-hybridized carbons (Fsp3) is 0.143. The highest BCUT2D eigenvalue weighted by Crippen LogP contribution is 2.31. The topological polar surface area (TPSA) is 46.9 Å². The van der Waals surface area contributed by atoms with Gasteiger partial charge in [0.25, 0.3) is 5.91 Å². The molecule has 2 heterocycles. The van der Waals surface area contributed by atoms with Gasteiger partial charge >= 0.3 is 0 Å². The van der Waals surface area contributed by atoms with Crippen LogP contribution in [0.3, 0.4) is 0 Å². The van der Waals surface area contributed by atoms with Crippen LogP contribution in [0.5, 0.6) is 0 Å². The summed E-state index contributed by atoms with van der Waals surface area (Å²) in [6.45, 7) is 3.00. The third-order valence-corrected chi connectivity index (χ3v) is 5.33. The van der Waals surface area contributed by atoms with Crippen molar-refractivity contribution in [2.45, 2.75) is 19.9 Å². The maximum absolute atomic E-state index is 13.0. The molecule has 2 aromatic carbocycles. The molecular weight excluding hydrogens is 361 g/mol. The second-order valence-electron chi connectivity index (χ2n) is 6.20. The summed E-state index contributed by atoms with van der Waals surface area (Å²) in [7, 11) is 0. The maximum Gasteiger partial charge on any atom is 0.265 e. The number of benzene rings is 2. The molecule has 2 aromatic heterocycles. The molecular formula is C21H18FN3OS. The van der Waals surface area contributed by atoms with Crippen LogP contribution in [-0.2, 0) is 6.54 Å². The summed E-state index contributed by atoms with van der Waals surface area (Å²) < 4.78 is 15.2. The Bertz CT molecular complexity index is 1100. The molecule has 0 unspecified atom stereocenters. The Balaban J connectivity index is 1.64. The average molecular weight is 379 g/mol. The van der Waals surface area contributed by atoms with Crippen molar-refractivity contribution < 1.29 is 9.18 Å². The first-order valence-corrected chi connectivity index (χ1v) is 9.60. The quantitative estimate of drug-likeness (QED) is 0.493. The van der Waals surface area contributed by atoms with Crippen LogP contribution in [0, 0.1) is 5.82 Å². The molecule has 0 aliphatic heterocycles. The zero-order valence-corrected chi connectivity index (χ0v) is 15.6. The van der Waals surface area contributed by atoms with Gasteiger partial charge in [-0.05, 0) is 55.0 Å². The zero-order chi connectivity index (χ0) is 18.8. The van der Waals surface area contributed by atoms with E-state index in [-0.39, 0.29) is 11.7 Å². The van der Waals surface area contributed by atoms with E-state index in [0.717, 1.165) is 34.7 Å². The SMILES string of the molecule is CCCn1c(-c2ccc(C(=O)Nc3ccc(F)cc3)s2)nc2ccccc21. The lowest BCUT2D eigenvalue weighted by atomic mass is 10.3. The summed E-state index contributed by atoms with van der Waals surface area (Å²) >= 11 is 1.40. The molecule has 0 saturated carbocycles. The highest BCUT2D eigenvalue weighted by molar-refractivity contribution is 7.17. The predicted octanol–water partition coefficient (Wildman–Crippen LogP) is 5.57. The van der Waals surface area contributed by atoms with Crippen LogP contribution in [0.15, 0.2) is 60.7 Å². The van der Waals surface area contributed by atoms with Crippen molar-refractivity contribution in [3.05, 3.63) is 71.4 Å². The third-order valence-electron chi connectivity index (χ3n) is 4.25. The highest BCUT2D eigenvalue weighted by Gasteiger charge is 2.16. The van der Waals surface area contributed by atoms with Crippen LogP contribution < -0.4 is 5.32 Å². The molecule has 6 heteroatoms. The van der Waals surface area contributed by atoms with E-state index < -0.39 is 0 Å². The molecule has 136 valence electrons. The van der Waals surface area contributed by atoms with Crippen molar-refractivity contribution in [2.75, 3.05) is 5.32 Å². The van der Waals surface area contributed by atoms with E-state index in [4.69, 9.17) is 4.98 Å². The number of hydrogen-bond acceptors (Lipinski definition) is 3. The summed E-state index contributed by atoms with van der Waals surface area (Å²) in [6.07, 6.45) is 0.997. The minimum atomic E-state index is -0.332. The van der Waals surface area contributed by atoms with Gasteiger partial charge in [-0.15, -0.1) is 11.3 Å². The first-order chi connectivity index (χ1) is 13.2. The van der Waals surface area contributed by atoms with Gasteiger partial charge in [-0.1, -0.05) is 19.1 Å². The van der Waals surface area contributed by atoms with E-state index in [1.54, 1.807) is 18.2 Å². The fourth-order valence-corrected chi connectivity index (χ4v) is 3.92. The molecule has 1 N–H and O–H groups in total. The number of nitrogens with zero attached hydrogens (tertiary/aromatic N) is 2. The number of anilines is 1. The summed E-state index contributed by atoms with van der Waals surface area (Å²) in [5.41, 5.74) is 2.61. The number of imidazole rings is 1. The average Bonchev–Trinajstić information content (AvgIpc) is 3.29. The van der Waals surface area contributed by atoms with Crippen LogP contribution in [0.1, 0.15) is 23.0 Å². The molecule has 0 atom stereocenters. The molecule has 4 nitrogen and oxygen atoms in total. The molecule has 0 spiro atoms. The molecule has 0 saturated heterocycles. The minimum absolute atomic E-state index is 0.212. The van der Waals surface area contributed by atoms with Gasteiger partial charge in [-0.2, -0.15) is 0 Å². The van der Waals surface area contributed by atoms with Crippen LogP contribution in [0.25, 0.3) is 21.7 Å². The molecule has 0 aliphatic rings. The minimum Gasteiger partial charge on any atom is -0.323 e. The van der Waals surface area contributed by atoms with Gasteiger partial charge in [-0.3, -0.25) is 4.79 Å². The van der Waals surface area contributed by atoms with Gasteiger partial charge in [0.15, 0.2) is 5.82 Å². The Morgan fingerprint density at radius 1 is 1.11 bits per heavy atom. The first-order valence-electron chi connectivity index (χ1n) is 8.78. The zero-order valence-electron chi connectivity index (χ0n) is 14.8. The van der Waals surface area contributed by atoms with Crippen molar-refractivity contribution in [3.8, 4) is 10.7 Å². The van der Waals surface area contributed by atoms with Crippen molar-refractivity contribution >= 4 is 34.0 Å². The molecule has 0 fully saturated rings. The highest BCUT2D eigenvalue weighted by atomic mass is 32.1. The monoisotopic (exact) mass is 379 g/mol. The first kappa shape index (κ1) is 17.4.